The third-order valence-corrected chi connectivity index (χ3v) is 5.84. The molecule has 1 aliphatic carbocycles. The van der Waals surface area contributed by atoms with Crippen LogP contribution in [-0.4, -0.2) is 29.3 Å². The average Bonchev–Trinajstić information content (AvgIpc) is 3.08. The lowest BCUT2D eigenvalue weighted by atomic mass is 9.87. The second kappa shape index (κ2) is 5.55. The number of rotatable bonds is 3. The van der Waals surface area contributed by atoms with Gasteiger partial charge in [-0.3, -0.25) is 9.69 Å². The molecule has 2 fully saturated rings. The van der Waals surface area contributed by atoms with Crippen LogP contribution in [0.15, 0.2) is 12.1 Å². The number of hydrogen-bond donors (Lipinski definition) is 0. The Morgan fingerprint density at radius 1 is 1.11 bits per heavy atom. The van der Waals surface area contributed by atoms with Crippen molar-refractivity contribution in [1.82, 2.24) is 4.90 Å². The van der Waals surface area contributed by atoms with Gasteiger partial charge in [0.05, 0.1) is 14.8 Å². The Balaban J connectivity index is 1.89. The standard InChI is InChI=1S/C15H20ClNOS/c16-13-7-6-12(19-13)14(18)15(8-2-3-9-15)17-10-4-1-5-11-17/h6-7H,1-5,8-11H2. The molecular weight excluding hydrogens is 278 g/mol. The van der Waals surface area contributed by atoms with Gasteiger partial charge in [-0.15, -0.1) is 11.3 Å². The number of piperidine rings is 1. The fourth-order valence-corrected chi connectivity index (χ4v) is 4.71. The lowest BCUT2D eigenvalue weighted by molar-refractivity contribution is 0.0481. The summed E-state index contributed by atoms with van der Waals surface area (Å²) < 4.78 is 0.718. The molecule has 0 radical (unpaired) electrons. The fourth-order valence-electron chi connectivity index (χ4n) is 3.63. The summed E-state index contributed by atoms with van der Waals surface area (Å²) >= 11 is 7.43. The van der Waals surface area contributed by atoms with Gasteiger partial charge in [-0.05, 0) is 50.9 Å². The van der Waals surface area contributed by atoms with Crippen LogP contribution in [0.2, 0.25) is 4.34 Å². The lowest BCUT2D eigenvalue weighted by Crippen LogP contribution is -2.54. The highest BCUT2D eigenvalue weighted by molar-refractivity contribution is 7.18. The maximum atomic E-state index is 13.0. The third-order valence-electron chi connectivity index (χ3n) is 4.61. The Hall–Kier alpha value is -0.380. The van der Waals surface area contributed by atoms with E-state index in [0.717, 1.165) is 35.1 Å². The van der Waals surface area contributed by atoms with E-state index < -0.39 is 0 Å². The van der Waals surface area contributed by atoms with E-state index in [4.69, 9.17) is 11.6 Å². The van der Waals surface area contributed by atoms with Crippen molar-refractivity contribution in [3.8, 4) is 0 Å². The Morgan fingerprint density at radius 2 is 1.79 bits per heavy atom. The smallest absolute Gasteiger partial charge is 0.193 e. The van der Waals surface area contributed by atoms with Crippen molar-refractivity contribution in [3.63, 3.8) is 0 Å². The zero-order valence-electron chi connectivity index (χ0n) is 11.2. The summed E-state index contributed by atoms with van der Waals surface area (Å²) in [6.07, 6.45) is 8.21. The summed E-state index contributed by atoms with van der Waals surface area (Å²) in [7, 11) is 0. The molecule has 0 atom stereocenters. The minimum atomic E-state index is -0.214. The molecule has 1 aromatic heterocycles. The molecule has 0 amide bonds. The van der Waals surface area contributed by atoms with Gasteiger partial charge in [-0.25, -0.2) is 0 Å². The quantitative estimate of drug-likeness (QED) is 0.772. The Labute approximate surface area is 123 Å². The zero-order chi connectivity index (χ0) is 13.3. The maximum absolute atomic E-state index is 13.0. The highest BCUT2D eigenvalue weighted by Gasteiger charge is 2.46. The van der Waals surface area contributed by atoms with Gasteiger partial charge in [0.25, 0.3) is 0 Å². The predicted octanol–water partition coefficient (Wildman–Crippen LogP) is 4.38. The number of carbonyl (C=O) groups is 1. The van der Waals surface area contributed by atoms with E-state index in [-0.39, 0.29) is 5.54 Å². The minimum Gasteiger partial charge on any atom is -0.291 e. The van der Waals surface area contributed by atoms with Crippen LogP contribution in [0.1, 0.15) is 54.6 Å². The van der Waals surface area contributed by atoms with E-state index in [1.54, 1.807) is 0 Å². The largest absolute Gasteiger partial charge is 0.291 e. The molecule has 1 saturated carbocycles. The van der Waals surface area contributed by atoms with Gasteiger partial charge in [-0.1, -0.05) is 30.9 Å². The van der Waals surface area contributed by atoms with E-state index in [2.05, 4.69) is 4.90 Å². The van der Waals surface area contributed by atoms with Gasteiger partial charge in [0.2, 0.25) is 0 Å². The molecule has 4 heteroatoms. The molecule has 2 heterocycles. The zero-order valence-corrected chi connectivity index (χ0v) is 12.7. The van der Waals surface area contributed by atoms with Crippen LogP contribution in [0.4, 0.5) is 0 Å². The number of carbonyl (C=O) groups excluding carboxylic acids is 1. The van der Waals surface area contributed by atoms with Gasteiger partial charge in [0, 0.05) is 0 Å². The van der Waals surface area contributed by atoms with E-state index in [1.165, 1.54) is 43.4 Å². The van der Waals surface area contributed by atoms with Crippen LogP contribution >= 0.6 is 22.9 Å². The molecule has 104 valence electrons. The van der Waals surface area contributed by atoms with E-state index in [9.17, 15) is 4.79 Å². The van der Waals surface area contributed by atoms with Gasteiger partial charge < -0.3 is 0 Å². The van der Waals surface area contributed by atoms with Crippen LogP contribution in [0.5, 0.6) is 0 Å². The summed E-state index contributed by atoms with van der Waals surface area (Å²) in [5.41, 5.74) is -0.214. The molecule has 2 aliphatic rings. The predicted molar refractivity (Wildman–Crippen MR) is 80.3 cm³/mol. The van der Waals surface area contributed by atoms with Crippen molar-refractivity contribution in [2.24, 2.45) is 0 Å². The number of thiophene rings is 1. The molecule has 2 nitrogen and oxygen atoms in total. The van der Waals surface area contributed by atoms with Crippen molar-refractivity contribution in [1.29, 1.82) is 0 Å². The normalized spacial score (nSPS) is 23.6. The maximum Gasteiger partial charge on any atom is 0.193 e. The fraction of sp³-hybridized carbons (Fsp3) is 0.667. The molecular formula is C15H20ClNOS. The number of nitrogens with zero attached hydrogens (tertiary/aromatic N) is 1. The van der Waals surface area contributed by atoms with Crippen LogP contribution < -0.4 is 0 Å². The van der Waals surface area contributed by atoms with Gasteiger partial charge in [0.15, 0.2) is 5.78 Å². The average molecular weight is 298 g/mol. The molecule has 1 aliphatic heterocycles. The Kier molecular flexibility index (Phi) is 3.97. The van der Waals surface area contributed by atoms with Crippen molar-refractivity contribution >= 4 is 28.7 Å². The second-order valence-electron chi connectivity index (χ2n) is 5.72. The number of halogens is 1. The van der Waals surface area contributed by atoms with E-state index in [0.29, 0.717) is 5.78 Å². The van der Waals surface area contributed by atoms with Crippen molar-refractivity contribution in [2.45, 2.75) is 50.5 Å². The van der Waals surface area contributed by atoms with Crippen molar-refractivity contribution < 1.29 is 4.79 Å². The first-order valence-electron chi connectivity index (χ1n) is 7.28. The molecule has 0 bridgehead atoms. The summed E-state index contributed by atoms with van der Waals surface area (Å²) in [6.45, 7) is 2.18. The first kappa shape index (κ1) is 13.6. The summed E-state index contributed by atoms with van der Waals surface area (Å²) in [6, 6.07) is 3.75. The highest BCUT2D eigenvalue weighted by atomic mass is 35.5. The molecule has 19 heavy (non-hydrogen) atoms. The molecule has 0 spiro atoms. The van der Waals surface area contributed by atoms with Crippen LogP contribution in [0.3, 0.4) is 0 Å². The third kappa shape index (κ3) is 2.48. The number of likely N-dealkylation sites (tertiary alicyclic amines) is 1. The number of ketones is 1. The monoisotopic (exact) mass is 297 g/mol. The molecule has 0 unspecified atom stereocenters. The first-order chi connectivity index (χ1) is 9.22. The topological polar surface area (TPSA) is 20.3 Å². The molecule has 0 aromatic carbocycles. The van der Waals surface area contributed by atoms with Crippen molar-refractivity contribution in [2.75, 3.05) is 13.1 Å². The summed E-state index contributed by atoms with van der Waals surface area (Å²) in [4.78, 5) is 16.3. The lowest BCUT2D eigenvalue weighted by Gasteiger charge is -2.42. The van der Waals surface area contributed by atoms with E-state index >= 15 is 0 Å². The van der Waals surface area contributed by atoms with Crippen molar-refractivity contribution in [3.05, 3.63) is 21.3 Å². The molecule has 3 rings (SSSR count). The number of Topliss-reactive ketones (excluding diaryl/α,β-unsaturated/α-hetero) is 1. The van der Waals surface area contributed by atoms with Gasteiger partial charge >= 0.3 is 0 Å². The van der Waals surface area contributed by atoms with Crippen LogP contribution in [0, 0.1) is 0 Å². The van der Waals surface area contributed by atoms with Gasteiger partial charge in [0.1, 0.15) is 0 Å². The van der Waals surface area contributed by atoms with Crippen LogP contribution in [0.25, 0.3) is 0 Å². The Bertz CT molecular complexity index is 458. The summed E-state index contributed by atoms with van der Waals surface area (Å²) in [5, 5.41) is 0. The van der Waals surface area contributed by atoms with Gasteiger partial charge in [-0.2, -0.15) is 0 Å². The molecule has 1 saturated heterocycles. The Morgan fingerprint density at radius 3 is 2.37 bits per heavy atom. The first-order valence-corrected chi connectivity index (χ1v) is 8.47. The minimum absolute atomic E-state index is 0.214. The molecule has 0 N–H and O–H groups in total. The SMILES string of the molecule is O=C(c1ccc(Cl)s1)C1(N2CCCCC2)CCCC1. The second-order valence-corrected chi connectivity index (χ2v) is 7.43. The highest BCUT2D eigenvalue weighted by Crippen LogP contribution is 2.41. The van der Waals surface area contributed by atoms with Crippen LogP contribution in [-0.2, 0) is 0 Å². The number of hydrogen-bond acceptors (Lipinski definition) is 3. The summed E-state index contributed by atoms with van der Waals surface area (Å²) in [5.74, 6) is 0.323. The van der Waals surface area contributed by atoms with E-state index in [1.807, 2.05) is 12.1 Å². The molecule has 1 aromatic rings.